The minimum atomic E-state index is -3.61. The van der Waals surface area contributed by atoms with Crippen LogP contribution in [0.3, 0.4) is 0 Å². The number of hydrogen-bond acceptors (Lipinski definition) is 5. The summed E-state index contributed by atoms with van der Waals surface area (Å²) in [4.78, 5) is 3.79. The topological polar surface area (TPSA) is 49.9 Å². The zero-order valence-electron chi connectivity index (χ0n) is 17.7. The van der Waals surface area contributed by atoms with Gasteiger partial charge in [0.05, 0.1) is 12.0 Å². The van der Waals surface area contributed by atoms with Crippen molar-refractivity contribution in [2.45, 2.75) is 36.9 Å². The highest BCUT2D eigenvalue weighted by atomic mass is 32.2. The van der Waals surface area contributed by atoms with Crippen LogP contribution in [0, 0.1) is 0 Å². The zero-order chi connectivity index (χ0) is 21.7. The fourth-order valence-electron chi connectivity index (χ4n) is 4.06. The minimum Gasteiger partial charge on any atom is -0.497 e. The molecular formula is C24H28N2O3S2. The lowest BCUT2D eigenvalue weighted by atomic mass is 10.0. The summed E-state index contributed by atoms with van der Waals surface area (Å²) in [7, 11) is -2.03. The standard InChI is InChI=1S/C24H28N2O3S2/c1-29-22-9-11-24(12-10-22)31(27,28)26(19-23-8-5-17-30-23)21-13-15-25(16-14-21)18-20-6-3-2-4-7-20/h2-12,17,21H,13-16,18-19H2,1H3. The van der Waals surface area contributed by atoms with Gasteiger partial charge in [0, 0.05) is 37.1 Å². The molecule has 3 aromatic rings. The average Bonchev–Trinajstić information content (AvgIpc) is 3.32. The smallest absolute Gasteiger partial charge is 0.243 e. The maximum atomic E-state index is 13.6. The molecule has 1 saturated heterocycles. The molecule has 0 unspecified atom stereocenters. The molecule has 0 atom stereocenters. The third-order valence-electron chi connectivity index (χ3n) is 5.77. The molecule has 2 aromatic carbocycles. The maximum Gasteiger partial charge on any atom is 0.243 e. The molecule has 0 amide bonds. The van der Waals surface area contributed by atoms with E-state index in [0.717, 1.165) is 37.4 Å². The highest BCUT2D eigenvalue weighted by Crippen LogP contribution is 2.29. The van der Waals surface area contributed by atoms with E-state index >= 15 is 0 Å². The Bertz CT molecular complexity index is 1040. The minimum absolute atomic E-state index is 0.0128. The zero-order valence-corrected chi connectivity index (χ0v) is 19.3. The number of rotatable bonds is 8. The van der Waals surface area contributed by atoms with Crippen LogP contribution in [0.5, 0.6) is 5.75 Å². The first kappa shape index (κ1) is 22.0. The van der Waals surface area contributed by atoms with Gasteiger partial charge in [-0.3, -0.25) is 4.90 Å². The summed E-state index contributed by atoms with van der Waals surface area (Å²) in [5, 5.41) is 2.00. The average molecular weight is 457 g/mol. The molecule has 164 valence electrons. The second-order valence-corrected chi connectivity index (χ2v) is 10.7. The molecule has 31 heavy (non-hydrogen) atoms. The molecule has 0 saturated carbocycles. The largest absolute Gasteiger partial charge is 0.497 e. The van der Waals surface area contributed by atoms with Crippen LogP contribution in [-0.4, -0.2) is 43.9 Å². The molecule has 1 fully saturated rings. The van der Waals surface area contributed by atoms with Crippen molar-refractivity contribution in [3.8, 4) is 5.75 Å². The van der Waals surface area contributed by atoms with E-state index in [9.17, 15) is 8.42 Å². The number of hydrogen-bond donors (Lipinski definition) is 0. The van der Waals surface area contributed by atoms with Crippen molar-refractivity contribution in [3.05, 3.63) is 82.6 Å². The van der Waals surface area contributed by atoms with Crippen LogP contribution in [0.15, 0.2) is 77.0 Å². The molecule has 7 heteroatoms. The highest BCUT2D eigenvalue weighted by molar-refractivity contribution is 7.89. The monoisotopic (exact) mass is 456 g/mol. The molecular weight excluding hydrogens is 428 g/mol. The van der Waals surface area contributed by atoms with E-state index in [1.54, 1.807) is 47.0 Å². The van der Waals surface area contributed by atoms with Crippen molar-refractivity contribution in [3.63, 3.8) is 0 Å². The van der Waals surface area contributed by atoms with Gasteiger partial charge in [-0.05, 0) is 54.1 Å². The van der Waals surface area contributed by atoms with Gasteiger partial charge in [0.25, 0.3) is 0 Å². The van der Waals surface area contributed by atoms with Crippen molar-refractivity contribution in [1.82, 2.24) is 9.21 Å². The van der Waals surface area contributed by atoms with Crippen LogP contribution in [0.1, 0.15) is 23.3 Å². The summed E-state index contributed by atoms with van der Waals surface area (Å²) in [6.07, 6.45) is 1.65. The Morgan fingerprint density at radius 2 is 1.71 bits per heavy atom. The van der Waals surface area contributed by atoms with Gasteiger partial charge >= 0.3 is 0 Å². The maximum absolute atomic E-state index is 13.6. The Hall–Kier alpha value is -2.19. The molecule has 0 aliphatic carbocycles. The van der Waals surface area contributed by atoms with Gasteiger partial charge in [-0.25, -0.2) is 8.42 Å². The molecule has 0 radical (unpaired) electrons. The molecule has 1 aliphatic rings. The third-order valence-corrected chi connectivity index (χ3v) is 8.54. The van der Waals surface area contributed by atoms with Crippen LogP contribution in [0.4, 0.5) is 0 Å². The van der Waals surface area contributed by atoms with Crippen molar-refractivity contribution >= 4 is 21.4 Å². The van der Waals surface area contributed by atoms with Crippen molar-refractivity contribution in [1.29, 1.82) is 0 Å². The lowest BCUT2D eigenvalue weighted by molar-refractivity contribution is 0.151. The van der Waals surface area contributed by atoms with Crippen LogP contribution in [0.25, 0.3) is 0 Å². The Morgan fingerprint density at radius 1 is 1.00 bits per heavy atom. The van der Waals surface area contributed by atoms with E-state index in [4.69, 9.17) is 4.74 Å². The first-order valence-corrected chi connectivity index (χ1v) is 12.8. The number of likely N-dealkylation sites (tertiary alicyclic amines) is 1. The molecule has 0 bridgehead atoms. The van der Waals surface area contributed by atoms with E-state index in [0.29, 0.717) is 17.2 Å². The van der Waals surface area contributed by atoms with Crippen LogP contribution in [-0.2, 0) is 23.1 Å². The summed E-state index contributed by atoms with van der Waals surface area (Å²) in [6, 6.07) is 21.1. The lowest BCUT2D eigenvalue weighted by Gasteiger charge is -2.37. The quantitative estimate of drug-likeness (QED) is 0.497. The predicted octanol–water partition coefficient (Wildman–Crippen LogP) is 4.61. The number of benzene rings is 2. The molecule has 0 spiro atoms. The predicted molar refractivity (Wildman–Crippen MR) is 125 cm³/mol. The van der Waals surface area contributed by atoms with Gasteiger partial charge in [0.15, 0.2) is 0 Å². The Labute approximate surface area is 188 Å². The summed E-state index contributed by atoms with van der Waals surface area (Å²) in [5.41, 5.74) is 1.29. The van der Waals surface area contributed by atoms with E-state index in [-0.39, 0.29) is 6.04 Å². The normalized spacial score (nSPS) is 15.9. The summed E-state index contributed by atoms with van der Waals surface area (Å²) in [6.45, 7) is 3.09. The number of sulfonamides is 1. The van der Waals surface area contributed by atoms with Gasteiger partial charge in [0.1, 0.15) is 5.75 Å². The van der Waals surface area contributed by atoms with E-state index in [1.165, 1.54) is 5.56 Å². The first-order valence-electron chi connectivity index (χ1n) is 10.5. The molecule has 5 nitrogen and oxygen atoms in total. The van der Waals surface area contributed by atoms with Crippen molar-refractivity contribution < 1.29 is 13.2 Å². The van der Waals surface area contributed by atoms with Crippen LogP contribution in [0.2, 0.25) is 0 Å². The van der Waals surface area contributed by atoms with Crippen LogP contribution >= 0.6 is 11.3 Å². The number of nitrogens with zero attached hydrogens (tertiary/aromatic N) is 2. The molecule has 4 rings (SSSR count). The number of piperidine rings is 1. The number of methoxy groups -OCH3 is 1. The SMILES string of the molecule is COc1ccc(S(=O)(=O)N(Cc2cccs2)C2CCN(Cc3ccccc3)CC2)cc1. The van der Waals surface area contributed by atoms with Crippen molar-refractivity contribution in [2.24, 2.45) is 0 Å². The van der Waals surface area contributed by atoms with Crippen molar-refractivity contribution in [2.75, 3.05) is 20.2 Å². The first-order chi connectivity index (χ1) is 15.1. The molecule has 2 heterocycles. The Balaban J connectivity index is 1.51. The second-order valence-electron chi connectivity index (χ2n) is 7.80. The molecule has 0 N–H and O–H groups in total. The van der Waals surface area contributed by atoms with Crippen LogP contribution < -0.4 is 4.74 Å². The van der Waals surface area contributed by atoms with Gasteiger partial charge in [-0.15, -0.1) is 11.3 Å². The van der Waals surface area contributed by atoms with Gasteiger partial charge in [-0.2, -0.15) is 4.31 Å². The van der Waals surface area contributed by atoms with Gasteiger partial charge in [-0.1, -0.05) is 36.4 Å². The number of thiophene rings is 1. The fourth-order valence-corrected chi connectivity index (χ4v) is 6.50. The Morgan fingerprint density at radius 3 is 2.32 bits per heavy atom. The van der Waals surface area contributed by atoms with E-state index < -0.39 is 10.0 Å². The molecule has 1 aromatic heterocycles. The van der Waals surface area contributed by atoms with Gasteiger partial charge < -0.3 is 4.74 Å². The molecule has 1 aliphatic heterocycles. The Kier molecular flexibility index (Phi) is 7.07. The highest BCUT2D eigenvalue weighted by Gasteiger charge is 2.34. The lowest BCUT2D eigenvalue weighted by Crippen LogP contribution is -2.46. The summed E-state index contributed by atoms with van der Waals surface area (Å²) < 4.78 is 34.1. The van der Waals surface area contributed by atoms with Gasteiger partial charge in [0.2, 0.25) is 10.0 Å². The third kappa shape index (κ3) is 5.36. The van der Waals surface area contributed by atoms with E-state index in [1.807, 2.05) is 23.6 Å². The number of ether oxygens (including phenoxy) is 1. The van der Waals surface area contributed by atoms with E-state index in [2.05, 4.69) is 29.2 Å². The second kappa shape index (κ2) is 9.96. The summed E-state index contributed by atoms with van der Waals surface area (Å²) >= 11 is 1.60. The summed E-state index contributed by atoms with van der Waals surface area (Å²) in [5.74, 6) is 0.651. The fraction of sp³-hybridized carbons (Fsp3) is 0.333.